The van der Waals surface area contributed by atoms with Crippen LogP contribution in [0.4, 0.5) is 0 Å². The van der Waals surface area contributed by atoms with Crippen molar-refractivity contribution in [1.82, 2.24) is 10.2 Å². The molecule has 1 heterocycles. The van der Waals surface area contributed by atoms with Crippen LogP contribution in [0.2, 0.25) is 0 Å². The Labute approximate surface area is 103 Å². The summed E-state index contributed by atoms with van der Waals surface area (Å²) in [4.78, 5) is 11.9. The summed E-state index contributed by atoms with van der Waals surface area (Å²) in [6, 6.07) is 9.45. The molecule has 0 aliphatic rings. The van der Waals surface area contributed by atoms with E-state index >= 15 is 0 Å². The summed E-state index contributed by atoms with van der Waals surface area (Å²) in [7, 11) is 0. The van der Waals surface area contributed by atoms with Crippen LogP contribution in [-0.4, -0.2) is 27.0 Å². The van der Waals surface area contributed by atoms with E-state index in [1.165, 1.54) is 11.0 Å². The first kappa shape index (κ1) is 11.7. The van der Waals surface area contributed by atoms with Crippen molar-refractivity contribution >= 4 is 17.7 Å². The molecular formula is C12H12N2O2S. The van der Waals surface area contributed by atoms with Crippen LogP contribution in [0.3, 0.4) is 0 Å². The first-order valence-corrected chi connectivity index (χ1v) is 6.21. The number of carboxylic acid groups (broad SMARTS) is 1. The van der Waals surface area contributed by atoms with Crippen LogP contribution >= 0.6 is 11.8 Å². The van der Waals surface area contributed by atoms with E-state index < -0.39 is 5.97 Å². The Morgan fingerprint density at radius 3 is 2.65 bits per heavy atom. The summed E-state index contributed by atoms with van der Waals surface area (Å²) in [5, 5.41) is 15.2. The van der Waals surface area contributed by atoms with Gasteiger partial charge in [0.25, 0.3) is 0 Å². The van der Waals surface area contributed by atoms with E-state index in [4.69, 9.17) is 5.11 Å². The van der Waals surface area contributed by atoms with E-state index in [-0.39, 0.29) is 5.69 Å². The van der Waals surface area contributed by atoms with Gasteiger partial charge in [-0.25, -0.2) is 4.79 Å². The van der Waals surface area contributed by atoms with Gasteiger partial charge in [-0.1, -0.05) is 19.1 Å². The molecule has 2 rings (SSSR count). The molecule has 1 aromatic carbocycles. The second-order valence-electron chi connectivity index (χ2n) is 3.43. The summed E-state index contributed by atoms with van der Waals surface area (Å²) >= 11 is 1.77. The summed E-state index contributed by atoms with van der Waals surface area (Å²) < 4.78 is 0. The number of carboxylic acids is 1. The van der Waals surface area contributed by atoms with Gasteiger partial charge in [0.15, 0.2) is 0 Å². The normalized spacial score (nSPS) is 10.4. The molecule has 88 valence electrons. The van der Waals surface area contributed by atoms with Gasteiger partial charge < -0.3 is 5.11 Å². The Bertz CT molecular complexity index is 520. The number of rotatable bonds is 4. The number of thioether (sulfide) groups is 1. The van der Waals surface area contributed by atoms with Crippen molar-refractivity contribution in [3.63, 3.8) is 0 Å². The molecule has 0 fully saturated rings. The number of hydrogen-bond donors (Lipinski definition) is 2. The molecule has 0 spiro atoms. The predicted molar refractivity (Wildman–Crippen MR) is 67.4 cm³/mol. The SMILES string of the molecule is CCSc1ccc(-c2cc(C(=O)O)[nH]n2)cc1. The van der Waals surface area contributed by atoms with Crippen molar-refractivity contribution in [3.05, 3.63) is 36.0 Å². The van der Waals surface area contributed by atoms with Gasteiger partial charge in [0.1, 0.15) is 5.69 Å². The maximum absolute atomic E-state index is 10.7. The number of aromatic carboxylic acids is 1. The van der Waals surface area contributed by atoms with Gasteiger partial charge >= 0.3 is 5.97 Å². The molecule has 0 saturated carbocycles. The largest absolute Gasteiger partial charge is 0.477 e. The van der Waals surface area contributed by atoms with Gasteiger partial charge in [0.2, 0.25) is 0 Å². The lowest BCUT2D eigenvalue weighted by molar-refractivity contribution is 0.0690. The molecule has 0 unspecified atom stereocenters. The maximum atomic E-state index is 10.7. The molecule has 0 aliphatic carbocycles. The molecule has 1 aromatic heterocycles. The van der Waals surface area contributed by atoms with Gasteiger partial charge in [0, 0.05) is 10.5 Å². The Morgan fingerprint density at radius 2 is 2.12 bits per heavy atom. The fourth-order valence-electron chi connectivity index (χ4n) is 1.47. The van der Waals surface area contributed by atoms with Gasteiger partial charge in [-0.15, -0.1) is 11.8 Å². The lowest BCUT2D eigenvalue weighted by Crippen LogP contribution is -1.95. The number of H-pyrrole nitrogens is 1. The third-order valence-electron chi connectivity index (χ3n) is 2.27. The zero-order chi connectivity index (χ0) is 12.3. The van der Waals surface area contributed by atoms with Crippen LogP contribution in [0, 0.1) is 0 Å². The first-order chi connectivity index (χ1) is 8.20. The third-order valence-corrected chi connectivity index (χ3v) is 3.16. The fraction of sp³-hybridized carbons (Fsp3) is 0.167. The second kappa shape index (κ2) is 5.05. The fourth-order valence-corrected chi connectivity index (χ4v) is 2.13. The highest BCUT2D eigenvalue weighted by molar-refractivity contribution is 7.99. The molecule has 5 heteroatoms. The van der Waals surface area contributed by atoms with Gasteiger partial charge in [-0.3, -0.25) is 5.10 Å². The minimum Gasteiger partial charge on any atom is -0.477 e. The number of aromatic nitrogens is 2. The Hall–Kier alpha value is -1.75. The van der Waals surface area contributed by atoms with Crippen LogP contribution in [0.1, 0.15) is 17.4 Å². The lowest BCUT2D eigenvalue weighted by atomic mass is 10.1. The molecule has 0 amide bonds. The standard InChI is InChI=1S/C12H12N2O2S/c1-2-17-9-5-3-8(4-6-9)10-7-11(12(15)16)14-13-10/h3-7H,2H2,1H3,(H,13,14)(H,15,16). The van der Waals surface area contributed by atoms with Crippen molar-refractivity contribution in [1.29, 1.82) is 0 Å². The zero-order valence-electron chi connectivity index (χ0n) is 9.30. The molecular weight excluding hydrogens is 236 g/mol. The highest BCUT2D eigenvalue weighted by atomic mass is 32.2. The number of benzene rings is 1. The number of nitrogens with one attached hydrogen (secondary N) is 1. The predicted octanol–water partition coefficient (Wildman–Crippen LogP) is 2.89. The Kier molecular flexibility index (Phi) is 3.49. The maximum Gasteiger partial charge on any atom is 0.353 e. The second-order valence-corrected chi connectivity index (χ2v) is 4.77. The monoisotopic (exact) mass is 248 g/mol. The smallest absolute Gasteiger partial charge is 0.353 e. The molecule has 17 heavy (non-hydrogen) atoms. The van der Waals surface area contributed by atoms with Gasteiger partial charge in [-0.05, 0) is 24.0 Å². The highest BCUT2D eigenvalue weighted by Gasteiger charge is 2.08. The molecule has 4 nitrogen and oxygen atoms in total. The number of hydrogen-bond acceptors (Lipinski definition) is 3. The molecule has 0 aliphatic heterocycles. The van der Waals surface area contributed by atoms with E-state index in [0.717, 1.165) is 11.3 Å². The van der Waals surface area contributed by atoms with E-state index in [9.17, 15) is 4.79 Å². The average molecular weight is 248 g/mol. The van der Waals surface area contributed by atoms with Crippen molar-refractivity contribution in [2.45, 2.75) is 11.8 Å². The van der Waals surface area contributed by atoms with Crippen molar-refractivity contribution in [2.24, 2.45) is 0 Å². The van der Waals surface area contributed by atoms with Crippen LogP contribution in [-0.2, 0) is 0 Å². The van der Waals surface area contributed by atoms with Crippen molar-refractivity contribution < 1.29 is 9.90 Å². The van der Waals surface area contributed by atoms with Crippen LogP contribution in [0.25, 0.3) is 11.3 Å². The van der Waals surface area contributed by atoms with E-state index in [2.05, 4.69) is 17.1 Å². The average Bonchev–Trinajstić information content (AvgIpc) is 2.80. The Morgan fingerprint density at radius 1 is 1.41 bits per heavy atom. The minimum absolute atomic E-state index is 0.104. The number of nitrogens with zero attached hydrogens (tertiary/aromatic N) is 1. The highest BCUT2D eigenvalue weighted by Crippen LogP contribution is 2.23. The van der Waals surface area contributed by atoms with Crippen LogP contribution in [0.5, 0.6) is 0 Å². The Balaban J connectivity index is 2.23. The quantitative estimate of drug-likeness (QED) is 0.816. The molecule has 0 atom stereocenters. The minimum atomic E-state index is -0.998. The molecule has 2 aromatic rings. The summed E-state index contributed by atoms with van der Waals surface area (Å²) in [5.41, 5.74) is 1.66. The van der Waals surface area contributed by atoms with Crippen molar-refractivity contribution in [2.75, 3.05) is 5.75 Å². The summed E-state index contributed by atoms with van der Waals surface area (Å²) in [5.74, 6) is 0.0344. The van der Waals surface area contributed by atoms with E-state index in [1.807, 2.05) is 24.3 Å². The van der Waals surface area contributed by atoms with Crippen LogP contribution < -0.4 is 0 Å². The third kappa shape index (κ3) is 2.68. The van der Waals surface area contributed by atoms with E-state index in [1.54, 1.807) is 11.8 Å². The molecule has 0 saturated heterocycles. The first-order valence-electron chi connectivity index (χ1n) is 5.22. The number of aromatic amines is 1. The van der Waals surface area contributed by atoms with Crippen LogP contribution in [0.15, 0.2) is 35.2 Å². The molecule has 0 radical (unpaired) electrons. The topological polar surface area (TPSA) is 66.0 Å². The molecule has 0 bridgehead atoms. The van der Waals surface area contributed by atoms with E-state index in [0.29, 0.717) is 5.69 Å². The summed E-state index contributed by atoms with van der Waals surface area (Å²) in [6.45, 7) is 2.10. The van der Waals surface area contributed by atoms with Crippen molar-refractivity contribution in [3.8, 4) is 11.3 Å². The summed E-state index contributed by atoms with van der Waals surface area (Å²) in [6.07, 6.45) is 0. The number of carbonyl (C=O) groups is 1. The van der Waals surface area contributed by atoms with Gasteiger partial charge in [0.05, 0.1) is 5.69 Å². The molecule has 2 N–H and O–H groups in total. The van der Waals surface area contributed by atoms with Gasteiger partial charge in [-0.2, -0.15) is 5.10 Å². The zero-order valence-corrected chi connectivity index (χ0v) is 10.1. The lowest BCUT2D eigenvalue weighted by Gasteiger charge is -1.99.